The highest BCUT2D eigenvalue weighted by Crippen LogP contribution is 2.17. The van der Waals surface area contributed by atoms with Crippen molar-refractivity contribution >= 4 is 5.78 Å². The molecule has 1 aromatic rings. The van der Waals surface area contributed by atoms with E-state index < -0.39 is 6.04 Å². The third kappa shape index (κ3) is 3.66. The van der Waals surface area contributed by atoms with Gasteiger partial charge in [-0.15, -0.1) is 0 Å². The Bertz CT molecular complexity index is 361. The number of ketones is 1. The Kier molecular flexibility index (Phi) is 4.50. The number of rotatable bonds is 5. The fraction of sp³-hybridized carbons (Fsp3) is 0.462. The molecule has 1 atom stereocenters. The lowest BCUT2D eigenvalue weighted by Crippen LogP contribution is -2.33. The van der Waals surface area contributed by atoms with Crippen molar-refractivity contribution in [3.8, 4) is 5.75 Å². The number of nitrogens with two attached hydrogens (primary N) is 1. The first-order valence-corrected chi connectivity index (χ1v) is 5.56. The predicted octanol–water partition coefficient (Wildman–Crippen LogP) is 1.88. The van der Waals surface area contributed by atoms with E-state index >= 15 is 0 Å². The van der Waals surface area contributed by atoms with Crippen molar-refractivity contribution < 1.29 is 9.90 Å². The van der Waals surface area contributed by atoms with Gasteiger partial charge in [-0.1, -0.05) is 32.0 Å². The molecule has 0 saturated heterocycles. The number of carbonyl (C=O) groups is 1. The predicted molar refractivity (Wildman–Crippen MR) is 64.2 cm³/mol. The molecule has 3 heteroatoms. The summed E-state index contributed by atoms with van der Waals surface area (Å²) < 4.78 is 0. The molecule has 0 amide bonds. The van der Waals surface area contributed by atoms with E-state index in [0.717, 1.165) is 5.56 Å². The Morgan fingerprint density at radius 1 is 1.38 bits per heavy atom. The first-order chi connectivity index (χ1) is 7.50. The lowest BCUT2D eigenvalue weighted by atomic mass is 9.97. The zero-order chi connectivity index (χ0) is 12.1. The first-order valence-electron chi connectivity index (χ1n) is 5.56. The van der Waals surface area contributed by atoms with Crippen molar-refractivity contribution in [3.63, 3.8) is 0 Å². The lowest BCUT2D eigenvalue weighted by Gasteiger charge is -2.12. The van der Waals surface area contributed by atoms with Gasteiger partial charge in [0.25, 0.3) is 0 Å². The molecule has 0 fully saturated rings. The summed E-state index contributed by atoms with van der Waals surface area (Å²) in [7, 11) is 0. The second-order valence-corrected chi connectivity index (χ2v) is 4.50. The van der Waals surface area contributed by atoms with Gasteiger partial charge >= 0.3 is 0 Å². The number of para-hydroxylation sites is 1. The number of aromatic hydroxyl groups is 1. The Morgan fingerprint density at radius 2 is 2.00 bits per heavy atom. The van der Waals surface area contributed by atoms with Gasteiger partial charge in [-0.3, -0.25) is 4.79 Å². The van der Waals surface area contributed by atoms with Crippen molar-refractivity contribution in [2.24, 2.45) is 11.7 Å². The van der Waals surface area contributed by atoms with E-state index in [1.807, 2.05) is 19.9 Å². The van der Waals surface area contributed by atoms with Crippen LogP contribution in [0.15, 0.2) is 24.3 Å². The van der Waals surface area contributed by atoms with Crippen LogP contribution >= 0.6 is 0 Å². The Balaban J connectivity index is 2.61. The topological polar surface area (TPSA) is 63.3 Å². The molecule has 0 aliphatic rings. The van der Waals surface area contributed by atoms with E-state index in [-0.39, 0.29) is 11.5 Å². The summed E-state index contributed by atoms with van der Waals surface area (Å²) in [6.07, 6.45) is 0.896. The van der Waals surface area contributed by atoms with Gasteiger partial charge in [0.2, 0.25) is 0 Å². The SMILES string of the molecule is CC(C)CC(=O)C(N)Cc1ccccc1O. The monoisotopic (exact) mass is 221 g/mol. The molecule has 3 nitrogen and oxygen atoms in total. The number of carbonyl (C=O) groups excluding carboxylic acids is 1. The van der Waals surface area contributed by atoms with Crippen LogP contribution in [0, 0.1) is 5.92 Å². The molecule has 0 radical (unpaired) electrons. The molecule has 16 heavy (non-hydrogen) atoms. The highest BCUT2D eigenvalue weighted by Gasteiger charge is 2.16. The normalized spacial score (nSPS) is 12.8. The molecule has 0 aliphatic carbocycles. The molecule has 0 heterocycles. The van der Waals surface area contributed by atoms with Gasteiger partial charge in [0.15, 0.2) is 0 Å². The Morgan fingerprint density at radius 3 is 2.56 bits per heavy atom. The van der Waals surface area contributed by atoms with E-state index in [4.69, 9.17) is 5.73 Å². The van der Waals surface area contributed by atoms with Crippen molar-refractivity contribution in [2.45, 2.75) is 32.7 Å². The molecule has 0 bridgehead atoms. The van der Waals surface area contributed by atoms with Crippen LogP contribution in [0.5, 0.6) is 5.75 Å². The van der Waals surface area contributed by atoms with E-state index in [2.05, 4.69) is 0 Å². The first kappa shape index (κ1) is 12.7. The molecular weight excluding hydrogens is 202 g/mol. The molecule has 1 unspecified atom stereocenters. The lowest BCUT2D eigenvalue weighted by molar-refractivity contribution is -0.120. The Labute approximate surface area is 96.3 Å². The van der Waals surface area contributed by atoms with E-state index in [0.29, 0.717) is 18.8 Å². The molecule has 1 rings (SSSR count). The molecule has 0 spiro atoms. The van der Waals surface area contributed by atoms with E-state index in [1.54, 1.807) is 18.2 Å². The number of hydrogen-bond donors (Lipinski definition) is 2. The van der Waals surface area contributed by atoms with E-state index in [1.165, 1.54) is 0 Å². The highest BCUT2D eigenvalue weighted by atomic mass is 16.3. The van der Waals surface area contributed by atoms with Gasteiger partial charge in [0.1, 0.15) is 11.5 Å². The zero-order valence-electron chi connectivity index (χ0n) is 9.81. The largest absolute Gasteiger partial charge is 0.508 e. The maximum atomic E-state index is 11.7. The molecule has 0 saturated carbocycles. The van der Waals surface area contributed by atoms with Crippen molar-refractivity contribution in [1.29, 1.82) is 0 Å². The number of benzene rings is 1. The van der Waals surface area contributed by atoms with Crippen molar-refractivity contribution in [3.05, 3.63) is 29.8 Å². The highest BCUT2D eigenvalue weighted by molar-refractivity contribution is 5.84. The second-order valence-electron chi connectivity index (χ2n) is 4.50. The molecule has 1 aromatic carbocycles. The number of hydrogen-bond acceptors (Lipinski definition) is 3. The summed E-state index contributed by atoms with van der Waals surface area (Å²) in [6, 6.07) is 6.46. The van der Waals surface area contributed by atoms with Gasteiger partial charge in [-0.25, -0.2) is 0 Å². The van der Waals surface area contributed by atoms with Gasteiger partial charge in [-0.05, 0) is 24.0 Å². The van der Waals surface area contributed by atoms with Gasteiger partial charge in [0.05, 0.1) is 6.04 Å². The maximum absolute atomic E-state index is 11.7. The van der Waals surface area contributed by atoms with Crippen LogP contribution in [0.3, 0.4) is 0 Å². The quantitative estimate of drug-likeness (QED) is 0.798. The van der Waals surface area contributed by atoms with Crippen LogP contribution in [0.25, 0.3) is 0 Å². The summed E-state index contributed by atoms with van der Waals surface area (Å²) in [6.45, 7) is 3.98. The molecule has 3 N–H and O–H groups in total. The molecular formula is C13H19NO2. The maximum Gasteiger partial charge on any atom is 0.150 e. The van der Waals surface area contributed by atoms with Gasteiger partial charge in [-0.2, -0.15) is 0 Å². The van der Waals surface area contributed by atoms with E-state index in [9.17, 15) is 9.90 Å². The second kappa shape index (κ2) is 5.66. The smallest absolute Gasteiger partial charge is 0.150 e. The summed E-state index contributed by atoms with van der Waals surface area (Å²) in [5.74, 6) is 0.580. The number of Topliss-reactive ketones (excluding diaryl/α,β-unsaturated/α-hetero) is 1. The summed E-state index contributed by atoms with van der Waals surface area (Å²) >= 11 is 0. The van der Waals surface area contributed by atoms with Crippen LogP contribution in [0.1, 0.15) is 25.8 Å². The standard InChI is InChI=1S/C13H19NO2/c1-9(2)7-13(16)11(14)8-10-5-3-4-6-12(10)15/h3-6,9,11,15H,7-8,14H2,1-2H3. The van der Waals surface area contributed by atoms with Gasteiger partial charge in [0, 0.05) is 6.42 Å². The minimum atomic E-state index is -0.518. The fourth-order valence-corrected chi connectivity index (χ4v) is 1.59. The van der Waals surface area contributed by atoms with Crippen molar-refractivity contribution in [1.82, 2.24) is 0 Å². The Hall–Kier alpha value is -1.35. The average molecular weight is 221 g/mol. The minimum absolute atomic E-state index is 0.0539. The summed E-state index contributed by atoms with van der Waals surface area (Å²) in [5.41, 5.74) is 6.53. The van der Waals surface area contributed by atoms with Crippen LogP contribution in [-0.2, 0) is 11.2 Å². The summed E-state index contributed by atoms with van der Waals surface area (Å²) in [4.78, 5) is 11.7. The average Bonchev–Trinajstić information content (AvgIpc) is 2.20. The van der Waals surface area contributed by atoms with Crippen molar-refractivity contribution in [2.75, 3.05) is 0 Å². The van der Waals surface area contributed by atoms with Crippen LogP contribution in [0.2, 0.25) is 0 Å². The molecule has 88 valence electrons. The van der Waals surface area contributed by atoms with Crippen LogP contribution in [0.4, 0.5) is 0 Å². The van der Waals surface area contributed by atoms with Gasteiger partial charge < -0.3 is 10.8 Å². The third-order valence-electron chi connectivity index (χ3n) is 2.45. The van der Waals surface area contributed by atoms with Crippen LogP contribution in [-0.4, -0.2) is 16.9 Å². The number of phenols is 1. The third-order valence-corrected chi connectivity index (χ3v) is 2.45. The minimum Gasteiger partial charge on any atom is -0.508 e. The number of phenolic OH excluding ortho intramolecular Hbond substituents is 1. The summed E-state index contributed by atoms with van der Waals surface area (Å²) in [5, 5.41) is 9.56. The fourth-order valence-electron chi connectivity index (χ4n) is 1.59. The van der Waals surface area contributed by atoms with Crippen LogP contribution < -0.4 is 5.73 Å². The molecule has 0 aromatic heterocycles. The zero-order valence-corrected chi connectivity index (χ0v) is 9.81. The molecule has 0 aliphatic heterocycles.